The van der Waals surface area contributed by atoms with Crippen molar-refractivity contribution in [3.05, 3.63) is 0 Å². The van der Waals surface area contributed by atoms with Crippen molar-refractivity contribution in [3.8, 4) is 0 Å². The van der Waals surface area contributed by atoms with E-state index in [1.807, 2.05) is 0 Å². The average Bonchev–Trinajstić information content (AvgIpc) is 2.62. The number of carbonyl (C=O) groups excluding carboxylic acids is 3. The molecular formula is C18H32N4O8. The van der Waals surface area contributed by atoms with Gasteiger partial charge in [-0.25, -0.2) is 4.79 Å². The molecule has 0 aliphatic rings. The van der Waals surface area contributed by atoms with E-state index in [1.54, 1.807) is 27.7 Å². The number of hydrogen-bond acceptors (Lipinski definition) is 7. The summed E-state index contributed by atoms with van der Waals surface area (Å²) in [5.74, 6) is -5.74. The lowest BCUT2D eigenvalue weighted by Crippen LogP contribution is -2.58. The number of carboxylic acid groups (broad SMARTS) is 2. The van der Waals surface area contributed by atoms with Crippen molar-refractivity contribution in [1.82, 2.24) is 16.0 Å². The van der Waals surface area contributed by atoms with E-state index in [0.717, 1.165) is 0 Å². The standard InChI is InChI=1S/C18H32N4O8/c1-8(2)5-11(17(28)22-14(9(3)4)18(29)30)21-16(27)12(6-13(24)25)20-15(26)10(19)7-23/h8-12,14,23H,5-7,19H2,1-4H3,(H,20,26)(H,21,27)(H,22,28)(H,24,25)(H,29,30). The summed E-state index contributed by atoms with van der Waals surface area (Å²) in [5.41, 5.74) is 5.36. The number of nitrogens with one attached hydrogen (secondary N) is 3. The van der Waals surface area contributed by atoms with Crippen molar-refractivity contribution in [1.29, 1.82) is 0 Å². The number of rotatable bonds is 13. The average molecular weight is 432 g/mol. The van der Waals surface area contributed by atoms with Gasteiger partial charge in [0.15, 0.2) is 0 Å². The SMILES string of the molecule is CC(C)CC(NC(=O)C(CC(=O)O)NC(=O)C(N)CO)C(=O)NC(C(=O)O)C(C)C. The van der Waals surface area contributed by atoms with Gasteiger partial charge in [-0.1, -0.05) is 27.7 Å². The second-order valence-electron chi connectivity index (χ2n) is 7.71. The Kier molecular flexibility index (Phi) is 11.6. The molecule has 0 aliphatic carbocycles. The Bertz CT molecular complexity index is 638. The number of nitrogens with two attached hydrogens (primary N) is 1. The summed E-state index contributed by atoms with van der Waals surface area (Å²) in [6, 6.07) is -5.24. The third-order valence-electron chi connectivity index (χ3n) is 4.12. The van der Waals surface area contributed by atoms with Crippen molar-refractivity contribution in [2.75, 3.05) is 6.61 Å². The normalized spacial score (nSPS) is 15.1. The molecule has 0 radical (unpaired) electrons. The van der Waals surface area contributed by atoms with Crippen LogP contribution in [-0.2, 0) is 24.0 Å². The predicted octanol–water partition coefficient (Wildman–Crippen LogP) is -1.98. The molecule has 12 nitrogen and oxygen atoms in total. The molecule has 0 spiro atoms. The summed E-state index contributed by atoms with van der Waals surface area (Å²) < 4.78 is 0. The van der Waals surface area contributed by atoms with Crippen molar-refractivity contribution in [2.45, 2.75) is 64.7 Å². The summed E-state index contributed by atoms with van der Waals surface area (Å²) >= 11 is 0. The first-order valence-corrected chi connectivity index (χ1v) is 9.52. The van der Waals surface area contributed by atoms with Gasteiger partial charge in [0.05, 0.1) is 13.0 Å². The van der Waals surface area contributed by atoms with Crippen LogP contribution in [0, 0.1) is 11.8 Å². The van der Waals surface area contributed by atoms with Crippen LogP contribution in [0.4, 0.5) is 0 Å². The number of hydrogen-bond donors (Lipinski definition) is 7. The van der Waals surface area contributed by atoms with Gasteiger partial charge in [-0.15, -0.1) is 0 Å². The van der Waals surface area contributed by atoms with Crippen LogP contribution < -0.4 is 21.7 Å². The number of amides is 3. The summed E-state index contributed by atoms with van der Waals surface area (Å²) in [6.07, 6.45) is -0.638. The molecule has 0 bridgehead atoms. The Morgan fingerprint density at radius 1 is 0.833 bits per heavy atom. The highest BCUT2D eigenvalue weighted by molar-refractivity contribution is 5.95. The molecule has 172 valence electrons. The minimum Gasteiger partial charge on any atom is -0.481 e. The summed E-state index contributed by atoms with van der Waals surface area (Å²) in [6.45, 7) is 6.06. The lowest BCUT2D eigenvalue weighted by molar-refractivity contribution is -0.144. The first kappa shape index (κ1) is 27.3. The minimum absolute atomic E-state index is 0.0706. The fourth-order valence-corrected chi connectivity index (χ4v) is 2.49. The zero-order chi connectivity index (χ0) is 23.6. The van der Waals surface area contributed by atoms with Crippen LogP contribution in [-0.4, -0.2) is 75.8 Å². The van der Waals surface area contributed by atoms with Gasteiger partial charge in [-0.05, 0) is 18.3 Å². The Morgan fingerprint density at radius 2 is 1.33 bits per heavy atom. The van der Waals surface area contributed by atoms with E-state index in [2.05, 4.69) is 16.0 Å². The van der Waals surface area contributed by atoms with E-state index in [0.29, 0.717) is 0 Å². The summed E-state index contributed by atoms with van der Waals surface area (Å²) in [4.78, 5) is 59.5. The van der Waals surface area contributed by atoms with Crippen molar-refractivity contribution in [2.24, 2.45) is 17.6 Å². The Labute approximate surface area is 174 Å². The molecule has 0 aromatic carbocycles. The zero-order valence-corrected chi connectivity index (χ0v) is 17.5. The molecule has 12 heteroatoms. The fraction of sp³-hybridized carbons (Fsp3) is 0.722. The van der Waals surface area contributed by atoms with Gasteiger partial charge >= 0.3 is 11.9 Å². The van der Waals surface area contributed by atoms with E-state index < -0.39 is 72.8 Å². The van der Waals surface area contributed by atoms with Crippen LogP contribution in [0.5, 0.6) is 0 Å². The summed E-state index contributed by atoms with van der Waals surface area (Å²) in [7, 11) is 0. The zero-order valence-electron chi connectivity index (χ0n) is 17.5. The molecule has 0 saturated heterocycles. The highest BCUT2D eigenvalue weighted by Crippen LogP contribution is 2.09. The largest absolute Gasteiger partial charge is 0.481 e. The second-order valence-corrected chi connectivity index (χ2v) is 7.71. The molecule has 4 atom stereocenters. The van der Waals surface area contributed by atoms with E-state index in [9.17, 15) is 29.1 Å². The smallest absolute Gasteiger partial charge is 0.326 e. The maximum atomic E-state index is 12.6. The topological polar surface area (TPSA) is 208 Å². The number of carboxylic acids is 2. The molecule has 4 unspecified atom stereocenters. The minimum atomic E-state index is -1.55. The van der Waals surface area contributed by atoms with Crippen LogP contribution in [0.25, 0.3) is 0 Å². The molecule has 0 aliphatic heterocycles. The van der Waals surface area contributed by atoms with E-state index >= 15 is 0 Å². The number of aliphatic carboxylic acids is 2. The molecule has 30 heavy (non-hydrogen) atoms. The molecule has 3 amide bonds. The fourth-order valence-electron chi connectivity index (χ4n) is 2.49. The van der Waals surface area contributed by atoms with Crippen LogP contribution in [0.3, 0.4) is 0 Å². The third-order valence-corrected chi connectivity index (χ3v) is 4.12. The lowest BCUT2D eigenvalue weighted by atomic mass is 10.00. The molecule has 0 fully saturated rings. The molecule has 0 rings (SSSR count). The van der Waals surface area contributed by atoms with Crippen LogP contribution in [0.1, 0.15) is 40.5 Å². The second kappa shape index (κ2) is 12.8. The van der Waals surface area contributed by atoms with Crippen LogP contribution in [0.2, 0.25) is 0 Å². The molecule has 0 saturated carbocycles. The number of carbonyl (C=O) groups is 5. The van der Waals surface area contributed by atoms with Gasteiger partial charge in [0.2, 0.25) is 17.7 Å². The summed E-state index contributed by atoms with van der Waals surface area (Å²) in [5, 5.41) is 34.1. The molecular weight excluding hydrogens is 400 g/mol. The van der Waals surface area contributed by atoms with Gasteiger partial charge in [-0.2, -0.15) is 0 Å². The molecule has 0 aromatic heterocycles. The van der Waals surface area contributed by atoms with E-state index in [-0.39, 0.29) is 12.3 Å². The quantitative estimate of drug-likeness (QED) is 0.172. The maximum Gasteiger partial charge on any atom is 0.326 e. The highest BCUT2D eigenvalue weighted by Gasteiger charge is 2.32. The molecule has 0 heterocycles. The monoisotopic (exact) mass is 432 g/mol. The first-order valence-electron chi connectivity index (χ1n) is 9.52. The Hall–Kier alpha value is -2.73. The van der Waals surface area contributed by atoms with E-state index in [1.165, 1.54) is 0 Å². The lowest BCUT2D eigenvalue weighted by Gasteiger charge is -2.26. The molecule has 0 aromatic rings. The van der Waals surface area contributed by atoms with Gasteiger partial charge in [-0.3, -0.25) is 19.2 Å². The van der Waals surface area contributed by atoms with Gasteiger partial charge < -0.3 is 37.0 Å². The maximum absolute atomic E-state index is 12.6. The van der Waals surface area contributed by atoms with Crippen LogP contribution >= 0.6 is 0 Å². The van der Waals surface area contributed by atoms with Crippen molar-refractivity contribution in [3.63, 3.8) is 0 Å². The Balaban J connectivity index is 5.48. The van der Waals surface area contributed by atoms with Crippen molar-refractivity contribution >= 4 is 29.7 Å². The first-order chi connectivity index (χ1) is 13.8. The predicted molar refractivity (Wildman–Crippen MR) is 105 cm³/mol. The Morgan fingerprint density at radius 3 is 1.73 bits per heavy atom. The van der Waals surface area contributed by atoms with Gasteiger partial charge in [0.1, 0.15) is 24.2 Å². The number of aliphatic hydroxyl groups excluding tert-OH is 1. The van der Waals surface area contributed by atoms with Gasteiger partial charge in [0.25, 0.3) is 0 Å². The number of aliphatic hydroxyl groups is 1. The van der Waals surface area contributed by atoms with Crippen LogP contribution in [0.15, 0.2) is 0 Å². The van der Waals surface area contributed by atoms with Gasteiger partial charge in [0, 0.05) is 0 Å². The third kappa shape index (κ3) is 9.65. The van der Waals surface area contributed by atoms with E-state index in [4.69, 9.17) is 15.9 Å². The highest BCUT2D eigenvalue weighted by atomic mass is 16.4. The van der Waals surface area contributed by atoms with Crippen molar-refractivity contribution < 1.29 is 39.3 Å². The molecule has 8 N–H and O–H groups in total.